The Hall–Kier alpha value is -1.66. The molecule has 1 heterocycles. The minimum atomic E-state index is 0.265. The van der Waals surface area contributed by atoms with Crippen molar-refractivity contribution in [3.63, 3.8) is 0 Å². The van der Waals surface area contributed by atoms with Gasteiger partial charge in [0.1, 0.15) is 6.61 Å². The molecule has 1 N–H and O–H groups in total. The van der Waals surface area contributed by atoms with E-state index >= 15 is 0 Å². The second-order valence-corrected chi connectivity index (χ2v) is 4.45. The second-order valence-electron chi connectivity index (χ2n) is 4.45. The van der Waals surface area contributed by atoms with E-state index in [0.717, 1.165) is 18.8 Å². The zero-order chi connectivity index (χ0) is 12.8. The van der Waals surface area contributed by atoms with E-state index in [1.807, 2.05) is 6.07 Å². The van der Waals surface area contributed by atoms with Crippen LogP contribution in [-0.4, -0.2) is 26.8 Å². The normalized spacial score (nSPS) is 19.0. The summed E-state index contributed by atoms with van der Waals surface area (Å²) in [5, 5.41) is 3.42. The first-order valence-electron chi connectivity index (χ1n) is 6.30. The minimum absolute atomic E-state index is 0.265. The van der Waals surface area contributed by atoms with E-state index in [1.54, 1.807) is 7.11 Å². The summed E-state index contributed by atoms with van der Waals surface area (Å²) in [6.45, 7) is 2.42. The molecule has 1 fully saturated rings. The Morgan fingerprint density at radius 1 is 1.44 bits per heavy atom. The molecule has 0 amide bonds. The third-order valence-electron chi connectivity index (χ3n) is 3.27. The maximum atomic E-state index is 5.44. The van der Waals surface area contributed by atoms with Crippen LogP contribution >= 0.6 is 0 Å². The first-order chi connectivity index (χ1) is 8.85. The number of methoxy groups -OCH3 is 1. The van der Waals surface area contributed by atoms with Gasteiger partial charge >= 0.3 is 0 Å². The highest BCUT2D eigenvalue weighted by atomic mass is 16.5. The van der Waals surface area contributed by atoms with Gasteiger partial charge < -0.3 is 14.8 Å². The molecule has 18 heavy (non-hydrogen) atoms. The molecule has 1 unspecified atom stereocenters. The predicted octanol–water partition coefficient (Wildman–Crippen LogP) is 2.17. The molecular weight excluding hydrogens is 226 g/mol. The van der Waals surface area contributed by atoms with Gasteiger partial charge in [0.25, 0.3) is 0 Å². The molecule has 1 aromatic rings. The highest BCUT2D eigenvalue weighted by molar-refractivity contribution is 5.44. The summed E-state index contributed by atoms with van der Waals surface area (Å²) in [5.41, 5.74) is 1.30. The van der Waals surface area contributed by atoms with Gasteiger partial charge in [0, 0.05) is 6.54 Å². The number of terminal acetylenes is 1. The van der Waals surface area contributed by atoms with Gasteiger partial charge in [-0.25, -0.2) is 0 Å². The van der Waals surface area contributed by atoms with Gasteiger partial charge in [-0.15, -0.1) is 6.42 Å². The van der Waals surface area contributed by atoms with Gasteiger partial charge in [-0.05, 0) is 43.0 Å². The number of benzene rings is 1. The number of nitrogens with one attached hydrogen (secondary N) is 1. The summed E-state index contributed by atoms with van der Waals surface area (Å²) >= 11 is 0. The molecule has 1 saturated heterocycles. The monoisotopic (exact) mass is 245 g/mol. The van der Waals surface area contributed by atoms with E-state index in [-0.39, 0.29) is 6.61 Å². The Bertz CT molecular complexity index is 431. The van der Waals surface area contributed by atoms with E-state index in [9.17, 15) is 0 Å². The van der Waals surface area contributed by atoms with Gasteiger partial charge in [0.15, 0.2) is 11.5 Å². The first kappa shape index (κ1) is 12.8. The Labute approximate surface area is 108 Å². The first-order valence-corrected chi connectivity index (χ1v) is 6.30. The lowest BCUT2D eigenvalue weighted by atomic mass is 9.91. The van der Waals surface area contributed by atoms with E-state index in [0.29, 0.717) is 11.7 Å². The molecule has 0 saturated carbocycles. The van der Waals surface area contributed by atoms with Gasteiger partial charge in [0.2, 0.25) is 0 Å². The summed E-state index contributed by atoms with van der Waals surface area (Å²) in [6, 6.07) is 6.11. The van der Waals surface area contributed by atoms with Crippen LogP contribution in [0.1, 0.15) is 24.3 Å². The van der Waals surface area contributed by atoms with Crippen LogP contribution in [-0.2, 0) is 0 Å². The van der Waals surface area contributed by atoms with Crippen molar-refractivity contribution in [1.29, 1.82) is 0 Å². The summed E-state index contributed by atoms with van der Waals surface area (Å²) in [4.78, 5) is 0. The molecule has 2 rings (SSSR count). The van der Waals surface area contributed by atoms with Crippen LogP contribution in [0.2, 0.25) is 0 Å². The molecule has 3 nitrogen and oxygen atoms in total. The highest BCUT2D eigenvalue weighted by Gasteiger charge is 2.17. The maximum Gasteiger partial charge on any atom is 0.162 e. The second kappa shape index (κ2) is 6.32. The Kier molecular flexibility index (Phi) is 4.49. The minimum Gasteiger partial charge on any atom is -0.493 e. The van der Waals surface area contributed by atoms with Gasteiger partial charge in [0.05, 0.1) is 7.11 Å². The summed E-state index contributed by atoms with van der Waals surface area (Å²) < 4.78 is 10.8. The van der Waals surface area contributed by atoms with Crippen molar-refractivity contribution in [3.05, 3.63) is 23.8 Å². The predicted molar refractivity (Wildman–Crippen MR) is 72.2 cm³/mol. The molecule has 1 aliphatic rings. The molecular formula is C15H19NO2. The fraction of sp³-hybridized carbons (Fsp3) is 0.467. The van der Waals surface area contributed by atoms with Crippen LogP contribution in [0.15, 0.2) is 18.2 Å². The number of hydrogen-bond donors (Lipinski definition) is 1. The Balaban J connectivity index is 2.15. The standard InChI is InChI=1S/C15H19NO2/c1-3-9-18-14-7-6-12(10-15(14)17-2)13-5-4-8-16-11-13/h1,6-7,10,13,16H,4-5,8-9,11H2,2H3. The summed E-state index contributed by atoms with van der Waals surface area (Å²) in [7, 11) is 1.65. The van der Waals surface area contributed by atoms with Crippen molar-refractivity contribution >= 4 is 0 Å². The molecule has 0 aromatic heterocycles. The van der Waals surface area contributed by atoms with Crippen molar-refractivity contribution in [1.82, 2.24) is 5.32 Å². The fourth-order valence-electron chi connectivity index (χ4n) is 2.31. The number of piperidine rings is 1. The zero-order valence-corrected chi connectivity index (χ0v) is 10.7. The zero-order valence-electron chi connectivity index (χ0n) is 10.7. The third-order valence-corrected chi connectivity index (χ3v) is 3.27. The van der Waals surface area contributed by atoms with Gasteiger partial charge in [-0.2, -0.15) is 0 Å². The molecule has 0 aliphatic carbocycles. The molecule has 3 heteroatoms. The van der Waals surface area contributed by atoms with Crippen LogP contribution in [0.4, 0.5) is 0 Å². The molecule has 1 atom stereocenters. The molecule has 0 spiro atoms. The third kappa shape index (κ3) is 2.96. The average molecular weight is 245 g/mol. The molecule has 0 bridgehead atoms. The van der Waals surface area contributed by atoms with E-state index in [2.05, 4.69) is 23.4 Å². The van der Waals surface area contributed by atoms with Crippen LogP contribution < -0.4 is 14.8 Å². The topological polar surface area (TPSA) is 30.5 Å². The SMILES string of the molecule is C#CCOc1ccc(C2CCCNC2)cc1OC. The Morgan fingerprint density at radius 3 is 3.00 bits per heavy atom. The van der Waals surface area contributed by atoms with E-state index in [4.69, 9.17) is 15.9 Å². The number of hydrogen-bond acceptors (Lipinski definition) is 3. The van der Waals surface area contributed by atoms with Crippen molar-refractivity contribution in [2.24, 2.45) is 0 Å². The molecule has 0 radical (unpaired) electrons. The maximum absolute atomic E-state index is 5.44. The summed E-state index contributed by atoms with van der Waals surface area (Å²) in [5.74, 6) is 4.49. The van der Waals surface area contributed by atoms with Gasteiger partial charge in [-0.3, -0.25) is 0 Å². The molecule has 96 valence electrons. The lowest BCUT2D eigenvalue weighted by Crippen LogP contribution is -2.28. The number of rotatable bonds is 4. The van der Waals surface area contributed by atoms with Crippen LogP contribution in [0.3, 0.4) is 0 Å². The lowest BCUT2D eigenvalue weighted by molar-refractivity contribution is 0.330. The van der Waals surface area contributed by atoms with Crippen molar-refractivity contribution in [3.8, 4) is 23.8 Å². The molecule has 1 aliphatic heterocycles. The Morgan fingerprint density at radius 2 is 2.33 bits per heavy atom. The van der Waals surface area contributed by atoms with Crippen molar-refractivity contribution < 1.29 is 9.47 Å². The average Bonchev–Trinajstić information content (AvgIpc) is 2.46. The largest absolute Gasteiger partial charge is 0.493 e. The van der Waals surface area contributed by atoms with Gasteiger partial charge in [-0.1, -0.05) is 12.0 Å². The van der Waals surface area contributed by atoms with E-state index < -0.39 is 0 Å². The van der Waals surface area contributed by atoms with Crippen LogP contribution in [0, 0.1) is 12.3 Å². The van der Waals surface area contributed by atoms with E-state index in [1.165, 1.54) is 18.4 Å². The highest BCUT2D eigenvalue weighted by Crippen LogP contribution is 2.32. The van der Waals surface area contributed by atoms with Crippen LogP contribution in [0.25, 0.3) is 0 Å². The fourth-order valence-corrected chi connectivity index (χ4v) is 2.31. The smallest absolute Gasteiger partial charge is 0.162 e. The summed E-state index contributed by atoms with van der Waals surface area (Å²) in [6.07, 6.45) is 7.64. The van der Waals surface area contributed by atoms with Crippen LogP contribution in [0.5, 0.6) is 11.5 Å². The lowest BCUT2D eigenvalue weighted by Gasteiger charge is -2.23. The quantitative estimate of drug-likeness (QED) is 0.825. The van der Waals surface area contributed by atoms with Crippen molar-refractivity contribution in [2.45, 2.75) is 18.8 Å². The molecule has 1 aromatic carbocycles. The van der Waals surface area contributed by atoms with Crippen molar-refractivity contribution in [2.75, 3.05) is 26.8 Å². The number of ether oxygens (including phenoxy) is 2.